The summed E-state index contributed by atoms with van der Waals surface area (Å²) in [6.07, 6.45) is 5.55. The molecule has 8 heavy (non-hydrogen) atoms. The van der Waals surface area contributed by atoms with Gasteiger partial charge in [0.1, 0.15) is 5.16 Å². The van der Waals surface area contributed by atoms with E-state index in [1.165, 1.54) is 0 Å². The van der Waals surface area contributed by atoms with E-state index in [9.17, 15) is 0 Å². The van der Waals surface area contributed by atoms with Crippen LogP contribution in [-0.2, 0) is 0 Å². The molecule has 0 fully saturated rings. The van der Waals surface area contributed by atoms with Crippen LogP contribution in [-0.4, -0.2) is 12.1 Å². The van der Waals surface area contributed by atoms with E-state index in [1.807, 2.05) is 19.3 Å². The van der Waals surface area contributed by atoms with Gasteiger partial charge in [0, 0.05) is 13.2 Å². The molecule has 3 heteroatoms. The van der Waals surface area contributed by atoms with Crippen molar-refractivity contribution < 1.29 is 0 Å². The molecule has 0 unspecified atom stereocenters. The Kier molecular flexibility index (Phi) is 1.44. The first-order valence-electron chi connectivity index (χ1n) is 2.32. The summed E-state index contributed by atoms with van der Waals surface area (Å²) in [6, 6.07) is 0. The van der Waals surface area contributed by atoms with Gasteiger partial charge in [-0.05, 0) is 12.2 Å². The summed E-state index contributed by atoms with van der Waals surface area (Å²) in [5.41, 5.74) is 2.85. The fourth-order valence-electron chi connectivity index (χ4n) is 0.500. The number of rotatable bonds is 0. The normalized spacial score (nSPS) is 17.8. The fraction of sp³-hybridized carbons (Fsp3) is 0.200. The molecule has 0 saturated heterocycles. The summed E-state index contributed by atoms with van der Waals surface area (Å²) in [5, 5.41) is 2.43. The summed E-state index contributed by atoms with van der Waals surface area (Å²) >= 11 is 5.57. The Hall–Kier alpha value is -0.630. The molecule has 0 radical (unpaired) electrons. The predicted octanol–water partition coefficient (Wildman–Crippen LogP) is 1.03. The topological polar surface area (TPSA) is 15.3 Å². The number of hydrazine groups is 1. The van der Waals surface area contributed by atoms with Crippen LogP contribution < -0.4 is 5.43 Å². The van der Waals surface area contributed by atoms with E-state index in [0.717, 1.165) is 0 Å². The average molecular weight is 131 g/mol. The van der Waals surface area contributed by atoms with Crippen molar-refractivity contribution >= 4 is 11.6 Å². The van der Waals surface area contributed by atoms with Crippen LogP contribution in [0.2, 0.25) is 0 Å². The maximum atomic E-state index is 5.57. The molecule has 0 spiro atoms. The SMILES string of the molecule is CN1C=CC=C(Cl)N1. The molecule has 0 atom stereocenters. The smallest absolute Gasteiger partial charge is 0.120 e. The van der Waals surface area contributed by atoms with Gasteiger partial charge in [0.25, 0.3) is 0 Å². The van der Waals surface area contributed by atoms with Crippen LogP contribution in [0.25, 0.3) is 0 Å². The van der Waals surface area contributed by atoms with E-state index in [1.54, 1.807) is 11.1 Å². The quantitative estimate of drug-likeness (QED) is 0.493. The van der Waals surface area contributed by atoms with Crippen LogP contribution >= 0.6 is 11.6 Å². The van der Waals surface area contributed by atoms with Gasteiger partial charge >= 0.3 is 0 Å². The molecule has 44 valence electrons. The van der Waals surface area contributed by atoms with E-state index in [4.69, 9.17) is 11.6 Å². The van der Waals surface area contributed by atoms with E-state index in [0.29, 0.717) is 5.16 Å². The molecule has 1 aliphatic rings. The second-order valence-electron chi connectivity index (χ2n) is 1.58. The number of hydrogen-bond donors (Lipinski definition) is 1. The average Bonchev–Trinajstić information content (AvgIpc) is 1.64. The largest absolute Gasteiger partial charge is 0.297 e. The Balaban J connectivity index is 2.59. The first kappa shape index (κ1) is 5.51. The van der Waals surface area contributed by atoms with Gasteiger partial charge in [-0.2, -0.15) is 0 Å². The maximum absolute atomic E-state index is 5.57. The lowest BCUT2D eigenvalue weighted by atomic mass is 10.5. The van der Waals surface area contributed by atoms with Gasteiger partial charge in [0.15, 0.2) is 0 Å². The van der Waals surface area contributed by atoms with Crippen LogP contribution in [0.3, 0.4) is 0 Å². The summed E-state index contributed by atoms with van der Waals surface area (Å²) in [7, 11) is 1.88. The summed E-state index contributed by atoms with van der Waals surface area (Å²) in [4.78, 5) is 0. The van der Waals surface area contributed by atoms with Crippen LogP contribution in [0, 0.1) is 0 Å². The molecule has 0 bridgehead atoms. The van der Waals surface area contributed by atoms with E-state index in [2.05, 4.69) is 5.43 Å². The molecule has 0 aromatic rings. The number of halogens is 1. The Morgan fingerprint density at radius 2 is 2.50 bits per heavy atom. The molecule has 1 heterocycles. The lowest BCUT2D eigenvalue weighted by Gasteiger charge is -2.18. The summed E-state index contributed by atoms with van der Waals surface area (Å²) < 4.78 is 0. The van der Waals surface area contributed by atoms with Crippen molar-refractivity contribution in [1.82, 2.24) is 10.4 Å². The third kappa shape index (κ3) is 1.17. The molecule has 1 rings (SSSR count). The monoisotopic (exact) mass is 130 g/mol. The third-order valence-corrected chi connectivity index (χ3v) is 1.05. The van der Waals surface area contributed by atoms with E-state index in [-0.39, 0.29) is 0 Å². The zero-order valence-electron chi connectivity index (χ0n) is 4.56. The van der Waals surface area contributed by atoms with Crippen molar-refractivity contribution in [1.29, 1.82) is 0 Å². The number of hydrogen-bond acceptors (Lipinski definition) is 2. The molecule has 0 amide bonds. The van der Waals surface area contributed by atoms with Crippen LogP contribution in [0.15, 0.2) is 23.5 Å². The Bertz CT molecular complexity index is 139. The van der Waals surface area contributed by atoms with Gasteiger partial charge in [-0.1, -0.05) is 11.6 Å². The summed E-state index contributed by atoms with van der Waals surface area (Å²) in [5.74, 6) is 0. The number of nitrogens with zero attached hydrogens (tertiary/aromatic N) is 1. The maximum Gasteiger partial charge on any atom is 0.120 e. The van der Waals surface area contributed by atoms with Crippen LogP contribution in [0.4, 0.5) is 0 Å². The molecular formula is C5H7ClN2. The van der Waals surface area contributed by atoms with Gasteiger partial charge in [-0.15, -0.1) is 0 Å². The highest BCUT2D eigenvalue weighted by Crippen LogP contribution is 2.01. The molecule has 0 aromatic carbocycles. The molecule has 1 aliphatic heterocycles. The van der Waals surface area contributed by atoms with E-state index < -0.39 is 0 Å². The fourth-order valence-corrected chi connectivity index (χ4v) is 0.706. The van der Waals surface area contributed by atoms with Crippen molar-refractivity contribution in [2.45, 2.75) is 0 Å². The summed E-state index contributed by atoms with van der Waals surface area (Å²) in [6.45, 7) is 0. The van der Waals surface area contributed by atoms with Crippen molar-refractivity contribution in [2.24, 2.45) is 0 Å². The van der Waals surface area contributed by atoms with Gasteiger partial charge in [-0.25, -0.2) is 0 Å². The van der Waals surface area contributed by atoms with Crippen LogP contribution in [0.1, 0.15) is 0 Å². The Morgan fingerprint density at radius 3 is 2.88 bits per heavy atom. The van der Waals surface area contributed by atoms with Gasteiger partial charge in [0.2, 0.25) is 0 Å². The Morgan fingerprint density at radius 1 is 1.75 bits per heavy atom. The highest BCUT2D eigenvalue weighted by atomic mass is 35.5. The lowest BCUT2D eigenvalue weighted by Crippen LogP contribution is -2.28. The van der Waals surface area contributed by atoms with Crippen molar-refractivity contribution in [3.8, 4) is 0 Å². The minimum Gasteiger partial charge on any atom is -0.297 e. The second-order valence-corrected chi connectivity index (χ2v) is 1.99. The molecule has 0 aromatic heterocycles. The standard InChI is InChI=1S/C5H7ClN2/c1-8-4-2-3-5(6)7-8/h2-4,7H,1H3. The van der Waals surface area contributed by atoms with Crippen molar-refractivity contribution in [3.63, 3.8) is 0 Å². The van der Waals surface area contributed by atoms with Gasteiger partial charge in [-0.3, -0.25) is 10.4 Å². The molecular weight excluding hydrogens is 124 g/mol. The number of allylic oxidation sites excluding steroid dienone is 2. The molecule has 0 aliphatic carbocycles. The highest BCUT2D eigenvalue weighted by molar-refractivity contribution is 6.29. The third-order valence-electron chi connectivity index (χ3n) is 0.835. The first-order chi connectivity index (χ1) is 3.79. The first-order valence-corrected chi connectivity index (χ1v) is 2.70. The van der Waals surface area contributed by atoms with Crippen LogP contribution in [0.5, 0.6) is 0 Å². The number of nitrogens with one attached hydrogen (secondary N) is 1. The van der Waals surface area contributed by atoms with Crippen molar-refractivity contribution in [3.05, 3.63) is 23.5 Å². The minimum atomic E-state index is 0.648. The Labute approximate surface area is 53.4 Å². The zero-order chi connectivity index (χ0) is 5.98. The second kappa shape index (κ2) is 2.09. The van der Waals surface area contributed by atoms with Gasteiger partial charge in [0.05, 0.1) is 0 Å². The molecule has 2 nitrogen and oxygen atoms in total. The lowest BCUT2D eigenvalue weighted by molar-refractivity contribution is 0.376. The minimum absolute atomic E-state index is 0.648. The highest BCUT2D eigenvalue weighted by Gasteiger charge is 1.94. The predicted molar refractivity (Wildman–Crippen MR) is 34.0 cm³/mol. The van der Waals surface area contributed by atoms with E-state index >= 15 is 0 Å². The molecule has 0 saturated carbocycles. The van der Waals surface area contributed by atoms with Gasteiger partial charge < -0.3 is 0 Å². The molecule has 1 N–H and O–H groups in total. The zero-order valence-corrected chi connectivity index (χ0v) is 5.31. The van der Waals surface area contributed by atoms with Crippen molar-refractivity contribution in [2.75, 3.05) is 7.05 Å².